The molecule has 0 radical (unpaired) electrons. The second-order valence-corrected chi connectivity index (χ2v) is 4.57. The molecule has 1 aromatic carbocycles. The maximum absolute atomic E-state index is 5.67. The minimum absolute atomic E-state index is 0.665. The molecule has 0 aromatic heterocycles. The number of hydrogen-bond acceptors (Lipinski definition) is 3. The fourth-order valence-electron chi connectivity index (χ4n) is 1.78. The third-order valence-corrected chi connectivity index (χ3v) is 2.96. The lowest BCUT2D eigenvalue weighted by Crippen LogP contribution is -2.14. The molecule has 0 spiro atoms. The van der Waals surface area contributed by atoms with Gasteiger partial charge < -0.3 is 14.8 Å². The topological polar surface area (TPSA) is 30.5 Å². The summed E-state index contributed by atoms with van der Waals surface area (Å²) in [6.07, 6.45) is 2.31. The summed E-state index contributed by atoms with van der Waals surface area (Å²) in [5, 5.41) is 3.35. The van der Waals surface area contributed by atoms with E-state index in [0.29, 0.717) is 19.8 Å². The summed E-state index contributed by atoms with van der Waals surface area (Å²) in [4.78, 5) is 0. The van der Waals surface area contributed by atoms with Gasteiger partial charge in [0.2, 0.25) is 0 Å². The highest BCUT2D eigenvalue weighted by Gasteiger charge is 2.01. The van der Waals surface area contributed by atoms with Crippen LogP contribution in [-0.4, -0.2) is 26.4 Å². The van der Waals surface area contributed by atoms with Crippen LogP contribution in [0, 0.1) is 0 Å². The van der Waals surface area contributed by atoms with E-state index >= 15 is 0 Å². The van der Waals surface area contributed by atoms with Gasteiger partial charge in [-0.05, 0) is 24.1 Å². The molecule has 108 valence electrons. The molecule has 0 aliphatic heterocycles. The van der Waals surface area contributed by atoms with Gasteiger partial charge in [0.15, 0.2) is 0 Å². The van der Waals surface area contributed by atoms with Gasteiger partial charge in [-0.3, -0.25) is 0 Å². The van der Waals surface area contributed by atoms with Crippen molar-refractivity contribution < 1.29 is 9.47 Å². The van der Waals surface area contributed by atoms with Gasteiger partial charge in [-0.25, -0.2) is 0 Å². The zero-order valence-electron chi connectivity index (χ0n) is 12.3. The Labute approximate surface area is 117 Å². The van der Waals surface area contributed by atoms with Gasteiger partial charge in [0, 0.05) is 13.2 Å². The molecule has 0 saturated carbocycles. The minimum Gasteiger partial charge on any atom is -0.379 e. The smallest absolute Gasteiger partial charge is 0.0721 e. The summed E-state index contributed by atoms with van der Waals surface area (Å²) < 4.78 is 11.1. The zero-order chi connectivity index (χ0) is 13.8. The number of unbranched alkanes of at least 4 members (excludes halogenated alkanes) is 1. The Bertz CT molecular complexity index is 328. The van der Waals surface area contributed by atoms with Gasteiger partial charge in [0.1, 0.15) is 0 Å². The van der Waals surface area contributed by atoms with E-state index in [0.717, 1.165) is 26.1 Å². The molecule has 0 aliphatic rings. The van der Waals surface area contributed by atoms with Crippen molar-refractivity contribution in [3.8, 4) is 0 Å². The molecule has 1 rings (SSSR count). The molecule has 0 heterocycles. The van der Waals surface area contributed by atoms with Crippen LogP contribution in [0.5, 0.6) is 0 Å². The summed E-state index contributed by atoms with van der Waals surface area (Å²) in [5.74, 6) is 0. The van der Waals surface area contributed by atoms with Crippen LogP contribution in [0.4, 0.5) is 0 Å². The highest BCUT2D eigenvalue weighted by Crippen LogP contribution is 2.09. The monoisotopic (exact) mass is 265 g/mol. The van der Waals surface area contributed by atoms with Gasteiger partial charge in [-0.2, -0.15) is 0 Å². The number of nitrogens with one attached hydrogen (secondary N) is 1. The van der Waals surface area contributed by atoms with Crippen LogP contribution in [0.2, 0.25) is 0 Å². The number of rotatable bonds is 11. The largest absolute Gasteiger partial charge is 0.379 e. The summed E-state index contributed by atoms with van der Waals surface area (Å²) in [6.45, 7) is 9.04. The molecule has 0 saturated heterocycles. The van der Waals surface area contributed by atoms with E-state index in [-0.39, 0.29) is 0 Å². The predicted octanol–water partition coefficient (Wildman–Crippen LogP) is 3.13. The van der Waals surface area contributed by atoms with Crippen LogP contribution >= 0.6 is 0 Å². The zero-order valence-corrected chi connectivity index (χ0v) is 12.3. The molecule has 0 aliphatic carbocycles. The predicted molar refractivity (Wildman–Crippen MR) is 79.2 cm³/mol. The van der Waals surface area contributed by atoms with Gasteiger partial charge in [-0.15, -0.1) is 0 Å². The van der Waals surface area contributed by atoms with Crippen molar-refractivity contribution in [2.45, 2.75) is 39.8 Å². The van der Waals surface area contributed by atoms with Gasteiger partial charge in [0.25, 0.3) is 0 Å². The van der Waals surface area contributed by atoms with Gasteiger partial charge in [0.05, 0.1) is 19.8 Å². The molecule has 0 bridgehead atoms. The number of benzene rings is 1. The van der Waals surface area contributed by atoms with E-state index in [1.165, 1.54) is 17.5 Å². The van der Waals surface area contributed by atoms with E-state index in [2.05, 4.69) is 43.4 Å². The Hall–Kier alpha value is -0.900. The highest BCUT2D eigenvalue weighted by molar-refractivity contribution is 5.26. The molecule has 1 N–H and O–H groups in total. The second kappa shape index (κ2) is 11.0. The number of ether oxygens (including phenoxy) is 2. The normalized spacial score (nSPS) is 10.8. The highest BCUT2D eigenvalue weighted by atomic mass is 16.5. The van der Waals surface area contributed by atoms with E-state index in [1.54, 1.807) is 0 Å². The Balaban J connectivity index is 2.21. The standard InChI is InChI=1S/C16H27NO2/c1-3-5-10-18-11-12-19-14-16-9-7-6-8-15(16)13-17-4-2/h6-9,17H,3-5,10-14H2,1-2H3. The maximum Gasteiger partial charge on any atom is 0.0721 e. The lowest BCUT2D eigenvalue weighted by molar-refractivity contribution is 0.0394. The van der Waals surface area contributed by atoms with Crippen molar-refractivity contribution in [3.05, 3.63) is 35.4 Å². The molecule has 0 fully saturated rings. The summed E-state index contributed by atoms with van der Waals surface area (Å²) >= 11 is 0. The van der Waals surface area contributed by atoms with Crippen LogP contribution in [0.25, 0.3) is 0 Å². The molecule has 1 aromatic rings. The van der Waals surface area contributed by atoms with Gasteiger partial charge >= 0.3 is 0 Å². The van der Waals surface area contributed by atoms with Crippen LogP contribution in [0.1, 0.15) is 37.8 Å². The molecule has 3 nitrogen and oxygen atoms in total. The average Bonchev–Trinajstić information content (AvgIpc) is 2.45. The molecule has 19 heavy (non-hydrogen) atoms. The average molecular weight is 265 g/mol. The Kier molecular flexibility index (Phi) is 9.33. The van der Waals surface area contributed by atoms with Crippen LogP contribution in [0.3, 0.4) is 0 Å². The fraction of sp³-hybridized carbons (Fsp3) is 0.625. The van der Waals surface area contributed by atoms with Crippen LogP contribution in [-0.2, 0) is 22.6 Å². The Morgan fingerprint density at radius 1 is 0.947 bits per heavy atom. The summed E-state index contributed by atoms with van der Waals surface area (Å²) in [7, 11) is 0. The third-order valence-electron chi connectivity index (χ3n) is 2.96. The first-order valence-corrected chi connectivity index (χ1v) is 7.31. The number of hydrogen-bond donors (Lipinski definition) is 1. The van der Waals surface area contributed by atoms with Crippen molar-refractivity contribution >= 4 is 0 Å². The van der Waals surface area contributed by atoms with E-state index in [9.17, 15) is 0 Å². The van der Waals surface area contributed by atoms with E-state index < -0.39 is 0 Å². The van der Waals surface area contributed by atoms with Crippen molar-refractivity contribution in [1.82, 2.24) is 5.32 Å². The molecule has 0 unspecified atom stereocenters. The molecule has 3 heteroatoms. The van der Waals surface area contributed by atoms with Crippen molar-refractivity contribution in [2.75, 3.05) is 26.4 Å². The van der Waals surface area contributed by atoms with E-state index in [4.69, 9.17) is 9.47 Å². The lowest BCUT2D eigenvalue weighted by atomic mass is 10.1. The van der Waals surface area contributed by atoms with Crippen molar-refractivity contribution in [3.63, 3.8) is 0 Å². The van der Waals surface area contributed by atoms with Crippen molar-refractivity contribution in [2.24, 2.45) is 0 Å². The molecular weight excluding hydrogens is 238 g/mol. The third kappa shape index (κ3) is 7.31. The first-order chi connectivity index (χ1) is 9.38. The summed E-state index contributed by atoms with van der Waals surface area (Å²) in [5.41, 5.74) is 2.58. The molecular formula is C16H27NO2. The summed E-state index contributed by atoms with van der Waals surface area (Å²) in [6, 6.07) is 8.42. The first kappa shape index (κ1) is 16.2. The quantitative estimate of drug-likeness (QED) is 0.624. The maximum atomic E-state index is 5.67. The lowest BCUT2D eigenvalue weighted by Gasteiger charge is -2.10. The Morgan fingerprint density at radius 3 is 2.42 bits per heavy atom. The molecule has 0 atom stereocenters. The first-order valence-electron chi connectivity index (χ1n) is 7.31. The Morgan fingerprint density at radius 2 is 1.68 bits per heavy atom. The SMILES string of the molecule is CCCCOCCOCc1ccccc1CNCC. The fourth-order valence-corrected chi connectivity index (χ4v) is 1.78. The van der Waals surface area contributed by atoms with Gasteiger partial charge in [-0.1, -0.05) is 44.5 Å². The molecule has 0 amide bonds. The van der Waals surface area contributed by atoms with Crippen LogP contribution in [0.15, 0.2) is 24.3 Å². The van der Waals surface area contributed by atoms with Crippen molar-refractivity contribution in [1.29, 1.82) is 0 Å². The second-order valence-electron chi connectivity index (χ2n) is 4.57. The minimum atomic E-state index is 0.665. The van der Waals surface area contributed by atoms with Crippen LogP contribution < -0.4 is 5.32 Å². The van der Waals surface area contributed by atoms with E-state index in [1.807, 2.05) is 0 Å².